The Balaban J connectivity index is 4.23. The van der Waals surface area contributed by atoms with E-state index in [4.69, 9.17) is 14.9 Å². The van der Waals surface area contributed by atoms with Gasteiger partial charge in [0.15, 0.2) is 0 Å². The summed E-state index contributed by atoms with van der Waals surface area (Å²) in [7, 11) is -4.11. The minimum atomic E-state index is -4.11. The van der Waals surface area contributed by atoms with Crippen molar-refractivity contribution < 1.29 is 24.3 Å². The molecule has 0 aliphatic carbocycles. The van der Waals surface area contributed by atoms with E-state index in [1.54, 1.807) is 0 Å². The van der Waals surface area contributed by atoms with Crippen molar-refractivity contribution in [1.29, 1.82) is 0 Å². The van der Waals surface area contributed by atoms with Crippen LogP contribution in [-0.4, -0.2) is 27.0 Å². The summed E-state index contributed by atoms with van der Waals surface area (Å²) in [5, 5.41) is 8.39. The molecule has 0 atom stereocenters. The Kier molecular flexibility index (Phi) is 3.45. The summed E-state index contributed by atoms with van der Waals surface area (Å²) >= 11 is 0. The molecule has 0 aliphatic rings. The van der Waals surface area contributed by atoms with Crippen LogP contribution in [0.15, 0.2) is 0 Å². The van der Waals surface area contributed by atoms with Crippen LogP contribution >= 0.6 is 7.60 Å². The van der Waals surface area contributed by atoms with Gasteiger partial charge in [0.25, 0.3) is 0 Å². The van der Waals surface area contributed by atoms with Crippen molar-refractivity contribution in [3.05, 3.63) is 0 Å². The topological polar surface area (TPSA) is 94.8 Å². The van der Waals surface area contributed by atoms with E-state index in [1.165, 1.54) is 13.8 Å². The molecule has 0 radical (unpaired) electrons. The molecule has 0 aromatic heterocycles. The molecule has 0 spiro atoms. The molecule has 12 heavy (non-hydrogen) atoms. The third kappa shape index (κ3) is 6.34. The van der Waals surface area contributed by atoms with Crippen LogP contribution in [-0.2, 0) is 9.36 Å². The zero-order chi connectivity index (χ0) is 9.99. The standard InChI is InChI=1S/C6H13O5P/c1-6(2,3-5(7)8)4-12(9,10)11/h3-4H2,1-2H3,(H,7,8)(H2,9,10,11). The monoisotopic (exact) mass is 196 g/mol. The van der Waals surface area contributed by atoms with E-state index in [1.807, 2.05) is 0 Å². The maximum absolute atomic E-state index is 10.5. The van der Waals surface area contributed by atoms with Crippen molar-refractivity contribution in [3.8, 4) is 0 Å². The van der Waals surface area contributed by atoms with Crippen LogP contribution < -0.4 is 0 Å². The van der Waals surface area contributed by atoms with Crippen molar-refractivity contribution >= 4 is 13.6 Å². The van der Waals surface area contributed by atoms with E-state index in [-0.39, 0.29) is 6.42 Å². The third-order valence-electron chi connectivity index (χ3n) is 1.26. The first-order valence-corrected chi connectivity index (χ1v) is 5.18. The molecule has 0 aliphatic heterocycles. The Morgan fingerprint density at radius 2 is 1.83 bits per heavy atom. The second kappa shape index (κ2) is 3.56. The fourth-order valence-corrected chi connectivity index (χ4v) is 2.25. The molecule has 0 aromatic rings. The van der Waals surface area contributed by atoms with Gasteiger partial charge in [-0.1, -0.05) is 13.8 Å². The van der Waals surface area contributed by atoms with Gasteiger partial charge in [-0.05, 0) is 5.41 Å². The highest BCUT2D eigenvalue weighted by atomic mass is 31.2. The molecule has 0 aromatic carbocycles. The van der Waals surface area contributed by atoms with Crippen molar-refractivity contribution in [2.24, 2.45) is 5.41 Å². The first kappa shape index (κ1) is 11.6. The van der Waals surface area contributed by atoms with Gasteiger partial charge in [0.2, 0.25) is 0 Å². The molecule has 0 fully saturated rings. The fraction of sp³-hybridized carbons (Fsp3) is 0.833. The van der Waals surface area contributed by atoms with Gasteiger partial charge in [-0.3, -0.25) is 9.36 Å². The van der Waals surface area contributed by atoms with Crippen molar-refractivity contribution in [2.45, 2.75) is 20.3 Å². The number of hydrogen-bond acceptors (Lipinski definition) is 2. The SMILES string of the molecule is CC(C)(CC(=O)O)CP(=O)(O)O. The van der Waals surface area contributed by atoms with Crippen LogP contribution in [0.5, 0.6) is 0 Å². The summed E-state index contributed by atoms with van der Waals surface area (Å²) in [5.74, 6) is -1.05. The summed E-state index contributed by atoms with van der Waals surface area (Å²) < 4.78 is 10.5. The van der Waals surface area contributed by atoms with Crippen LogP contribution in [0.2, 0.25) is 0 Å². The van der Waals surface area contributed by atoms with Crippen LogP contribution in [0.25, 0.3) is 0 Å². The molecule has 3 N–H and O–H groups in total. The summed E-state index contributed by atoms with van der Waals surface area (Å²) in [6, 6.07) is 0. The summed E-state index contributed by atoms with van der Waals surface area (Å²) in [6.45, 7) is 3.03. The van der Waals surface area contributed by atoms with Crippen molar-refractivity contribution in [2.75, 3.05) is 6.16 Å². The zero-order valence-electron chi connectivity index (χ0n) is 7.02. The van der Waals surface area contributed by atoms with E-state index in [0.717, 1.165) is 0 Å². The molecule has 6 heteroatoms. The first-order valence-electron chi connectivity index (χ1n) is 3.39. The summed E-state index contributed by atoms with van der Waals surface area (Å²) in [4.78, 5) is 27.4. The van der Waals surface area contributed by atoms with E-state index in [0.29, 0.717) is 0 Å². The average molecular weight is 196 g/mol. The maximum atomic E-state index is 10.5. The highest BCUT2D eigenvalue weighted by Gasteiger charge is 2.30. The first-order chi connectivity index (χ1) is 5.12. The number of hydrogen-bond donors (Lipinski definition) is 3. The average Bonchev–Trinajstić information content (AvgIpc) is 1.48. The molecule has 5 nitrogen and oxygen atoms in total. The molecular weight excluding hydrogens is 183 g/mol. The van der Waals surface area contributed by atoms with Gasteiger partial charge < -0.3 is 14.9 Å². The lowest BCUT2D eigenvalue weighted by Crippen LogP contribution is -2.21. The lowest BCUT2D eigenvalue weighted by molar-refractivity contribution is -0.138. The molecule has 0 heterocycles. The van der Waals surface area contributed by atoms with Crippen LogP contribution in [0.1, 0.15) is 20.3 Å². The molecule has 0 saturated carbocycles. The number of carboxylic acid groups (broad SMARTS) is 1. The summed E-state index contributed by atoms with van der Waals surface area (Å²) in [5.41, 5.74) is -0.856. The molecule has 0 bridgehead atoms. The van der Waals surface area contributed by atoms with Gasteiger partial charge in [0.1, 0.15) is 0 Å². The van der Waals surface area contributed by atoms with Gasteiger partial charge >= 0.3 is 13.6 Å². The molecule has 0 saturated heterocycles. The molecule has 0 unspecified atom stereocenters. The Labute approximate surface area is 70.6 Å². The lowest BCUT2D eigenvalue weighted by atomic mass is 9.92. The van der Waals surface area contributed by atoms with Gasteiger partial charge in [-0.2, -0.15) is 0 Å². The summed E-state index contributed by atoms with van der Waals surface area (Å²) in [6.07, 6.45) is -0.635. The van der Waals surface area contributed by atoms with E-state index in [9.17, 15) is 9.36 Å². The van der Waals surface area contributed by atoms with Crippen LogP contribution in [0.4, 0.5) is 0 Å². The van der Waals surface area contributed by atoms with Gasteiger partial charge in [0.05, 0.1) is 12.6 Å². The Morgan fingerprint density at radius 3 is 2.08 bits per heavy atom. The van der Waals surface area contributed by atoms with E-state index in [2.05, 4.69) is 0 Å². The predicted octanol–water partition coefficient (Wildman–Crippen LogP) is 0.665. The minimum absolute atomic E-state index is 0.238. The highest BCUT2D eigenvalue weighted by Crippen LogP contribution is 2.42. The largest absolute Gasteiger partial charge is 0.481 e. The second-order valence-corrected chi connectivity index (χ2v) is 5.20. The Bertz CT molecular complexity index is 216. The van der Waals surface area contributed by atoms with Crippen LogP contribution in [0, 0.1) is 5.41 Å². The second-order valence-electron chi connectivity index (χ2n) is 3.56. The number of aliphatic carboxylic acids is 1. The quantitative estimate of drug-likeness (QED) is 0.574. The van der Waals surface area contributed by atoms with Crippen LogP contribution in [0.3, 0.4) is 0 Å². The zero-order valence-corrected chi connectivity index (χ0v) is 7.91. The Hall–Kier alpha value is -0.380. The molecular formula is C6H13O5P. The Morgan fingerprint density at radius 1 is 1.42 bits per heavy atom. The lowest BCUT2D eigenvalue weighted by Gasteiger charge is -2.22. The number of rotatable bonds is 4. The fourth-order valence-electron chi connectivity index (χ4n) is 1.02. The smallest absolute Gasteiger partial charge is 0.326 e. The number of carboxylic acids is 1. The van der Waals surface area contributed by atoms with E-state index < -0.39 is 25.1 Å². The van der Waals surface area contributed by atoms with Gasteiger partial charge in [-0.15, -0.1) is 0 Å². The molecule has 0 amide bonds. The normalized spacial score (nSPS) is 13.0. The maximum Gasteiger partial charge on any atom is 0.326 e. The van der Waals surface area contributed by atoms with E-state index >= 15 is 0 Å². The predicted molar refractivity (Wildman–Crippen MR) is 42.9 cm³/mol. The minimum Gasteiger partial charge on any atom is -0.481 e. The van der Waals surface area contributed by atoms with Gasteiger partial charge in [-0.25, -0.2) is 0 Å². The number of carbonyl (C=O) groups is 1. The van der Waals surface area contributed by atoms with Crippen molar-refractivity contribution in [1.82, 2.24) is 0 Å². The highest BCUT2D eigenvalue weighted by molar-refractivity contribution is 7.51. The van der Waals surface area contributed by atoms with Gasteiger partial charge in [0, 0.05) is 0 Å². The molecule has 72 valence electrons. The van der Waals surface area contributed by atoms with Crippen molar-refractivity contribution in [3.63, 3.8) is 0 Å². The molecule has 0 rings (SSSR count). The third-order valence-corrected chi connectivity index (χ3v) is 2.53.